The number of aliphatic imine (C=N–C) groups is 1. The molecule has 1 saturated heterocycles. The number of hydrogen-bond acceptors (Lipinski definition) is 4. The van der Waals surface area contributed by atoms with Gasteiger partial charge >= 0.3 is 0 Å². The second-order valence-corrected chi connectivity index (χ2v) is 8.23. The Morgan fingerprint density at radius 2 is 1.88 bits per heavy atom. The van der Waals surface area contributed by atoms with Crippen molar-refractivity contribution in [2.75, 3.05) is 31.9 Å². The maximum atomic E-state index is 12.3. The normalized spacial score (nSPS) is 22.9. The number of hydrogen-bond donors (Lipinski definition) is 2. The minimum atomic E-state index is -3.30. The molecule has 0 radical (unpaired) electrons. The summed E-state index contributed by atoms with van der Waals surface area (Å²) in [4.78, 5) is 4.21. The van der Waals surface area contributed by atoms with Crippen LogP contribution in [0.2, 0.25) is 0 Å². The van der Waals surface area contributed by atoms with E-state index in [1.165, 1.54) is 17.1 Å². The van der Waals surface area contributed by atoms with Gasteiger partial charge in [0.15, 0.2) is 5.96 Å². The number of nitrogens with two attached hydrogens (primary N) is 1. The van der Waals surface area contributed by atoms with Crippen LogP contribution in [0.25, 0.3) is 0 Å². The van der Waals surface area contributed by atoms with Crippen LogP contribution in [-0.2, 0) is 14.8 Å². The number of morpholine rings is 1. The molecule has 144 valence electrons. The summed E-state index contributed by atoms with van der Waals surface area (Å²) in [7, 11) is -3.30. The third-order valence-electron chi connectivity index (χ3n) is 3.74. The molecule has 1 heterocycles. The Kier molecular flexibility index (Phi) is 12.2. The first-order chi connectivity index (χ1) is 10.8. The van der Waals surface area contributed by atoms with Crippen molar-refractivity contribution in [1.29, 1.82) is 0 Å². The SMILES string of the molecule is CCCCCCN=C(N)NCCS(=O)(=O)N1CC(C)OC(C)C1.I. The summed E-state index contributed by atoms with van der Waals surface area (Å²) < 4.78 is 31.8. The Labute approximate surface area is 163 Å². The fourth-order valence-electron chi connectivity index (χ4n) is 2.59. The molecule has 1 aliphatic rings. The van der Waals surface area contributed by atoms with Crippen molar-refractivity contribution in [3.05, 3.63) is 0 Å². The Morgan fingerprint density at radius 1 is 1.25 bits per heavy atom. The number of halogens is 1. The van der Waals surface area contributed by atoms with Crippen LogP contribution in [0.1, 0.15) is 46.5 Å². The first kappa shape index (κ1) is 23.9. The molecule has 1 aliphatic heterocycles. The van der Waals surface area contributed by atoms with E-state index in [2.05, 4.69) is 17.2 Å². The average molecular weight is 476 g/mol. The molecule has 0 aromatic carbocycles. The van der Waals surface area contributed by atoms with Crippen molar-refractivity contribution < 1.29 is 13.2 Å². The van der Waals surface area contributed by atoms with Crippen LogP contribution < -0.4 is 11.1 Å². The van der Waals surface area contributed by atoms with Crippen molar-refractivity contribution in [1.82, 2.24) is 9.62 Å². The summed E-state index contributed by atoms with van der Waals surface area (Å²) in [5.41, 5.74) is 5.75. The summed E-state index contributed by atoms with van der Waals surface area (Å²) in [5.74, 6) is 0.332. The van der Waals surface area contributed by atoms with Gasteiger partial charge in [0.1, 0.15) is 0 Å². The fourth-order valence-corrected chi connectivity index (χ4v) is 4.08. The zero-order chi connectivity index (χ0) is 17.3. The van der Waals surface area contributed by atoms with Gasteiger partial charge in [-0.05, 0) is 20.3 Å². The van der Waals surface area contributed by atoms with Gasteiger partial charge in [0.25, 0.3) is 0 Å². The van der Waals surface area contributed by atoms with Crippen LogP contribution in [0, 0.1) is 0 Å². The maximum Gasteiger partial charge on any atom is 0.216 e. The quantitative estimate of drug-likeness (QED) is 0.228. The minimum absolute atomic E-state index is 0. The molecule has 7 nitrogen and oxygen atoms in total. The topological polar surface area (TPSA) is 97.0 Å². The van der Waals surface area contributed by atoms with E-state index in [-0.39, 0.29) is 48.5 Å². The highest BCUT2D eigenvalue weighted by molar-refractivity contribution is 14.0. The van der Waals surface area contributed by atoms with Gasteiger partial charge in [-0.15, -0.1) is 24.0 Å². The first-order valence-corrected chi connectivity index (χ1v) is 10.1. The largest absolute Gasteiger partial charge is 0.373 e. The number of nitrogens with one attached hydrogen (secondary N) is 1. The number of unbranched alkanes of at least 4 members (excludes halogenated alkanes) is 3. The van der Waals surface area contributed by atoms with Crippen molar-refractivity contribution in [2.45, 2.75) is 58.7 Å². The summed E-state index contributed by atoms with van der Waals surface area (Å²) >= 11 is 0. The molecule has 0 aromatic rings. The molecular formula is C15H33IN4O3S. The maximum absolute atomic E-state index is 12.3. The number of sulfonamides is 1. The molecule has 0 saturated carbocycles. The Morgan fingerprint density at radius 3 is 2.46 bits per heavy atom. The Bertz CT molecular complexity index is 463. The highest BCUT2D eigenvalue weighted by Gasteiger charge is 2.30. The van der Waals surface area contributed by atoms with Gasteiger partial charge in [-0.25, -0.2) is 8.42 Å². The third kappa shape index (κ3) is 9.38. The van der Waals surface area contributed by atoms with Crippen molar-refractivity contribution in [2.24, 2.45) is 10.7 Å². The van der Waals surface area contributed by atoms with E-state index in [1.54, 1.807) is 0 Å². The summed E-state index contributed by atoms with van der Waals surface area (Å²) in [6.07, 6.45) is 4.41. The molecule has 24 heavy (non-hydrogen) atoms. The van der Waals surface area contributed by atoms with Gasteiger partial charge in [-0.1, -0.05) is 26.2 Å². The lowest BCUT2D eigenvalue weighted by molar-refractivity contribution is -0.0440. The van der Waals surface area contributed by atoms with Gasteiger partial charge in [0.05, 0.1) is 18.0 Å². The summed E-state index contributed by atoms with van der Waals surface area (Å²) in [6.45, 7) is 7.72. The molecule has 0 amide bonds. The van der Waals surface area contributed by atoms with Crippen LogP contribution in [0.5, 0.6) is 0 Å². The smallest absolute Gasteiger partial charge is 0.216 e. The molecule has 3 N–H and O–H groups in total. The van der Waals surface area contributed by atoms with Crippen LogP contribution in [0.3, 0.4) is 0 Å². The van der Waals surface area contributed by atoms with Crippen LogP contribution >= 0.6 is 24.0 Å². The van der Waals surface area contributed by atoms with Crippen molar-refractivity contribution in [3.63, 3.8) is 0 Å². The van der Waals surface area contributed by atoms with E-state index in [0.29, 0.717) is 25.6 Å². The van der Waals surface area contributed by atoms with Crippen LogP contribution in [0.4, 0.5) is 0 Å². The third-order valence-corrected chi connectivity index (χ3v) is 5.54. The monoisotopic (exact) mass is 476 g/mol. The molecule has 0 aliphatic carbocycles. The molecule has 0 bridgehead atoms. The number of guanidine groups is 1. The highest BCUT2D eigenvalue weighted by atomic mass is 127. The average Bonchev–Trinajstić information content (AvgIpc) is 2.46. The van der Waals surface area contributed by atoms with E-state index in [0.717, 1.165) is 12.8 Å². The zero-order valence-corrected chi connectivity index (χ0v) is 18.2. The molecule has 9 heteroatoms. The second kappa shape index (κ2) is 12.3. The van der Waals surface area contributed by atoms with Crippen LogP contribution in [-0.4, -0.2) is 62.8 Å². The zero-order valence-electron chi connectivity index (χ0n) is 15.0. The van der Waals surface area contributed by atoms with Crippen molar-refractivity contribution in [3.8, 4) is 0 Å². The number of ether oxygens (including phenoxy) is 1. The lowest BCUT2D eigenvalue weighted by Gasteiger charge is -2.34. The predicted octanol–water partition coefficient (Wildman–Crippen LogP) is 1.53. The van der Waals surface area contributed by atoms with Gasteiger partial charge < -0.3 is 15.8 Å². The van der Waals surface area contributed by atoms with E-state index >= 15 is 0 Å². The van der Waals surface area contributed by atoms with Crippen molar-refractivity contribution >= 4 is 40.0 Å². The molecular weight excluding hydrogens is 443 g/mol. The van der Waals surface area contributed by atoms with Gasteiger partial charge in [0, 0.05) is 26.2 Å². The molecule has 1 rings (SSSR count). The Balaban J connectivity index is 0.00000529. The van der Waals surface area contributed by atoms with E-state index < -0.39 is 10.0 Å². The summed E-state index contributed by atoms with van der Waals surface area (Å²) in [5, 5.41) is 2.88. The molecule has 1 fully saturated rings. The van der Waals surface area contributed by atoms with E-state index in [9.17, 15) is 8.42 Å². The lowest BCUT2D eigenvalue weighted by Crippen LogP contribution is -2.50. The first-order valence-electron chi connectivity index (χ1n) is 8.52. The lowest BCUT2D eigenvalue weighted by atomic mass is 10.2. The molecule has 0 aromatic heterocycles. The highest BCUT2D eigenvalue weighted by Crippen LogP contribution is 2.14. The minimum Gasteiger partial charge on any atom is -0.373 e. The standard InChI is InChI=1S/C15H32N4O3S.HI/c1-4-5-6-7-8-17-15(16)18-9-10-23(20,21)19-11-13(2)22-14(3)12-19;/h13-14H,4-12H2,1-3H3,(H3,16,17,18);1H. The second-order valence-electron chi connectivity index (χ2n) is 6.14. The predicted molar refractivity (Wildman–Crippen MR) is 109 cm³/mol. The van der Waals surface area contributed by atoms with Gasteiger partial charge in [-0.3, -0.25) is 4.99 Å². The van der Waals surface area contributed by atoms with E-state index in [4.69, 9.17) is 10.5 Å². The van der Waals surface area contributed by atoms with Gasteiger partial charge in [-0.2, -0.15) is 4.31 Å². The van der Waals surface area contributed by atoms with Gasteiger partial charge in [0.2, 0.25) is 10.0 Å². The van der Waals surface area contributed by atoms with E-state index in [1.807, 2.05) is 13.8 Å². The molecule has 0 spiro atoms. The Hall–Kier alpha value is -0.130. The molecule has 2 unspecified atom stereocenters. The molecule has 2 atom stereocenters. The summed E-state index contributed by atoms with van der Waals surface area (Å²) in [6, 6.07) is 0. The van der Waals surface area contributed by atoms with Crippen LogP contribution in [0.15, 0.2) is 4.99 Å². The fraction of sp³-hybridized carbons (Fsp3) is 0.933. The number of nitrogens with zero attached hydrogens (tertiary/aromatic N) is 2. The number of rotatable bonds is 9.